The molecule has 0 atom stereocenters. The minimum atomic E-state index is -0.360. The van der Waals surface area contributed by atoms with Gasteiger partial charge in [-0.25, -0.2) is 9.78 Å². The van der Waals surface area contributed by atoms with Crippen molar-refractivity contribution >= 4 is 22.3 Å². The fourth-order valence-electron chi connectivity index (χ4n) is 1.48. The lowest BCUT2D eigenvalue weighted by atomic mass is 10.4. The SMILES string of the molecule is COC(=O)c1ncc(N2CCNCC2)s1. The molecule has 15 heavy (non-hydrogen) atoms. The van der Waals surface area contributed by atoms with Crippen LogP contribution < -0.4 is 10.2 Å². The Morgan fingerprint density at radius 1 is 1.60 bits per heavy atom. The summed E-state index contributed by atoms with van der Waals surface area (Å²) in [6, 6.07) is 0. The Morgan fingerprint density at radius 3 is 3.00 bits per heavy atom. The number of thiazole rings is 1. The third-order valence-corrected chi connectivity index (χ3v) is 3.32. The van der Waals surface area contributed by atoms with Crippen LogP contribution in [0.1, 0.15) is 9.80 Å². The quantitative estimate of drug-likeness (QED) is 0.738. The normalized spacial score (nSPS) is 16.5. The van der Waals surface area contributed by atoms with Crippen LogP contribution >= 0.6 is 11.3 Å². The lowest BCUT2D eigenvalue weighted by molar-refractivity contribution is 0.0600. The molecular weight excluding hydrogens is 214 g/mol. The lowest BCUT2D eigenvalue weighted by Crippen LogP contribution is -2.43. The Labute approximate surface area is 92.1 Å². The number of aromatic nitrogens is 1. The number of nitrogens with zero attached hydrogens (tertiary/aromatic N) is 2. The molecule has 0 amide bonds. The highest BCUT2D eigenvalue weighted by Crippen LogP contribution is 2.23. The number of methoxy groups -OCH3 is 1. The van der Waals surface area contributed by atoms with Gasteiger partial charge < -0.3 is 15.0 Å². The van der Waals surface area contributed by atoms with E-state index in [1.807, 2.05) is 0 Å². The van der Waals surface area contributed by atoms with Crippen molar-refractivity contribution < 1.29 is 9.53 Å². The highest BCUT2D eigenvalue weighted by molar-refractivity contribution is 7.17. The van der Waals surface area contributed by atoms with Crippen molar-refractivity contribution in [3.8, 4) is 0 Å². The van der Waals surface area contributed by atoms with E-state index in [2.05, 4.69) is 19.9 Å². The van der Waals surface area contributed by atoms with Crippen LogP contribution in [0, 0.1) is 0 Å². The number of rotatable bonds is 2. The highest BCUT2D eigenvalue weighted by atomic mass is 32.1. The Balaban J connectivity index is 2.08. The van der Waals surface area contributed by atoms with Crippen molar-refractivity contribution in [2.75, 3.05) is 38.2 Å². The lowest BCUT2D eigenvalue weighted by Gasteiger charge is -2.27. The second kappa shape index (κ2) is 4.59. The number of hydrogen-bond acceptors (Lipinski definition) is 6. The van der Waals surface area contributed by atoms with E-state index in [-0.39, 0.29) is 5.97 Å². The summed E-state index contributed by atoms with van der Waals surface area (Å²) in [4.78, 5) is 17.5. The molecule has 0 aromatic carbocycles. The number of carbonyl (C=O) groups is 1. The smallest absolute Gasteiger partial charge is 0.367 e. The molecule has 1 saturated heterocycles. The first-order valence-corrected chi connectivity index (χ1v) is 5.62. The van der Waals surface area contributed by atoms with E-state index < -0.39 is 0 Å². The molecule has 0 radical (unpaired) electrons. The molecule has 0 saturated carbocycles. The molecule has 0 bridgehead atoms. The van der Waals surface area contributed by atoms with Crippen molar-refractivity contribution in [1.29, 1.82) is 0 Å². The molecule has 1 N–H and O–H groups in total. The van der Waals surface area contributed by atoms with Crippen LogP contribution in [0.4, 0.5) is 5.00 Å². The summed E-state index contributed by atoms with van der Waals surface area (Å²) in [7, 11) is 1.37. The van der Waals surface area contributed by atoms with Gasteiger partial charge in [0.25, 0.3) is 0 Å². The molecule has 0 aliphatic carbocycles. The Morgan fingerprint density at radius 2 is 2.33 bits per heavy atom. The van der Waals surface area contributed by atoms with Crippen LogP contribution in [-0.4, -0.2) is 44.2 Å². The van der Waals surface area contributed by atoms with E-state index in [1.54, 1.807) is 6.20 Å². The van der Waals surface area contributed by atoms with Crippen LogP contribution in [0.5, 0.6) is 0 Å². The molecule has 82 valence electrons. The van der Waals surface area contributed by atoms with Gasteiger partial charge in [0.1, 0.15) is 5.00 Å². The number of ether oxygens (including phenoxy) is 1. The summed E-state index contributed by atoms with van der Waals surface area (Å²) in [6.07, 6.45) is 1.74. The van der Waals surface area contributed by atoms with Crippen molar-refractivity contribution in [3.05, 3.63) is 11.2 Å². The molecule has 2 heterocycles. The molecule has 1 aromatic heterocycles. The van der Waals surface area contributed by atoms with Crippen LogP contribution in [0.3, 0.4) is 0 Å². The third-order valence-electron chi connectivity index (χ3n) is 2.28. The third kappa shape index (κ3) is 2.27. The van der Waals surface area contributed by atoms with Gasteiger partial charge in [-0.3, -0.25) is 0 Å². The minimum absolute atomic E-state index is 0.360. The summed E-state index contributed by atoms with van der Waals surface area (Å²) >= 11 is 1.38. The first-order valence-electron chi connectivity index (χ1n) is 4.81. The zero-order chi connectivity index (χ0) is 10.7. The van der Waals surface area contributed by atoms with E-state index in [1.165, 1.54) is 18.4 Å². The molecule has 5 nitrogen and oxygen atoms in total. The monoisotopic (exact) mass is 227 g/mol. The molecule has 1 aromatic rings. The molecular formula is C9H13N3O2S. The topological polar surface area (TPSA) is 54.5 Å². The fraction of sp³-hybridized carbons (Fsp3) is 0.556. The summed E-state index contributed by atoms with van der Waals surface area (Å²) in [5, 5.41) is 4.74. The maximum Gasteiger partial charge on any atom is 0.367 e. The molecule has 6 heteroatoms. The average Bonchev–Trinajstić information content (AvgIpc) is 2.78. The van der Waals surface area contributed by atoms with Gasteiger partial charge in [-0.05, 0) is 0 Å². The number of piperazine rings is 1. The van der Waals surface area contributed by atoms with Gasteiger partial charge in [0.05, 0.1) is 13.3 Å². The van der Waals surface area contributed by atoms with Gasteiger partial charge >= 0.3 is 5.97 Å². The molecule has 1 aliphatic rings. The molecule has 0 unspecified atom stereocenters. The van der Waals surface area contributed by atoms with Gasteiger partial charge in [0.15, 0.2) is 0 Å². The van der Waals surface area contributed by atoms with Gasteiger partial charge in [0, 0.05) is 26.2 Å². The predicted molar refractivity (Wildman–Crippen MR) is 58.5 cm³/mol. The van der Waals surface area contributed by atoms with Gasteiger partial charge in [0.2, 0.25) is 5.01 Å². The highest BCUT2D eigenvalue weighted by Gasteiger charge is 2.16. The largest absolute Gasteiger partial charge is 0.464 e. The molecule has 1 aliphatic heterocycles. The Bertz CT molecular complexity index is 347. The van der Waals surface area contributed by atoms with E-state index in [4.69, 9.17) is 0 Å². The summed E-state index contributed by atoms with van der Waals surface area (Å²) < 4.78 is 4.62. The number of anilines is 1. The van der Waals surface area contributed by atoms with Crippen LogP contribution in [0.2, 0.25) is 0 Å². The van der Waals surface area contributed by atoms with E-state index >= 15 is 0 Å². The molecule has 2 rings (SSSR count). The zero-order valence-electron chi connectivity index (χ0n) is 8.52. The minimum Gasteiger partial charge on any atom is -0.464 e. The standard InChI is InChI=1S/C9H13N3O2S/c1-14-9(13)8-11-6-7(15-8)12-4-2-10-3-5-12/h6,10H,2-5H2,1H3. The predicted octanol–water partition coefficient (Wildman–Crippen LogP) is 0.339. The maximum absolute atomic E-state index is 11.2. The Hall–Kier alpha value is -1.14. The van der Waals surface area contributed by atoms with E-state index in [9.17, 15) is 4.79 Å². The number of carbonyl (C=O) groups excluding carboxylic acids is 1. The summed E-state index contributed by atoms with van der Waals surface area (Å²) in [5.74, 6) is -0.360. The number of nitrogens with one attached hydrogen (secondary N) is 1. The first kappa shape index (κ1) is 10.4. The van der Waals surface area contributed by atoms with Gasteiger partial charge in [-0.1, -0.05) is 11.3 Å². The number of hydrogen-bond donors (Lipinski definition) is 1. The maximum atomic E-state index is 11.2. The van der Waals surface area contributed by atoms with E-state index in [0.29, 0.717) is 5.01 Å². The van der Waals surface area contributed by atoms with E-state index in [0.717, 1.165) is 31.2 Å². The molecule has 0 spiro atoms. The van der Waals surface area contributed by atoms with Crippen molar-refractivity contribution in [2.45, 2.75) is 0 Å². The van der Waals surface area contributed by atoms with Crippen molar-refractivity contribution in [2.24, 2.45) is 0 Å². The summed E-state index contributed by atoms with van der Waals surface area (Å²) in [6.45, 7) is 3.88. The van der Waals surface area contributed by atoms with Crippen molar-refractivity contribution in [1.82, 2.24) is 10.3 Å². The second-order valence-electron chi connectivity index (χ2n) is 3.23. The zero-order valence-corrected chi connectivity index (χ0v) is 9.34. The van der Waals surface area contributed by atoms with Gasteiger partial charge in [-0.15, -0.1) is 0 Å². The number of esters is 1. The van der Waals surface area contributed by atoms with Gasteiger partial charge in [-0.2, -0.15) is 0 Å². The molecule has 1 fully saturated rings. The second-order valence-corrected chi connectivity index (χ2v) is 4.24. The van der Waals surface area contributed by atoms with Crippen molar-refractivity contribution in [3.63, 3.8) is 0 Å². The average molecular weight is 227 g/mol. The van der Waals surface area contributed by atoms with Crippen LogP contribution in [0.25, 0.3) is 0 Å². The van der Waals surface area contributed by atoms with Crippen LogP contribution in [0.15, 0.2) is 6.20 Å². The van der Waals surface area contributed by atoms with Crippen LogP contribution in [-0.2, 0) is 4.74 Å². The fourth-order valence-corrected chi connectivity index (χ4v) is 2.37. The first-order chi connectivity index (χ1) is 7.31. The summed E-state index contributed by atoms with van der Waals surface area (Å²) in [5.41, 5.74) is 0. The Kier molecular flexibility index (Phi) is 3.17.